The molecule has 30 heavy (non-hydrogen) atoms. The number of aliphatic imine (C=N–C) groups is 1. The molecule has 0 bridgehead atoms. The molecular formula is C22H32IN5OS. The minimum atomic E-state index is 0. The van der Waals surface area contributed by atoms with Crippen molar-refractivity contribution in [1.29, 1.82) is 0 Å². The van der Waals surface area contributed by atoms with Crippen molar-refractivity contribution in [1.82, 2.24) is 20.4 Å². The molecule has 1 unspecified atom stereocenters. The van der Waals surface area contributed by atoms with Gasteiger partial charge in [0, 0.05) is 25.5 Å². The molecule has 1 aromatic heterocycles. The molecular weight excluding hydrogens is 509 g/mol. The van der Waals surface area contributed by atoms with Gasteiger partial charge in [-0.2, -0.15) is 0 Å². The minimum absolute atomic E-state index is 0. The van der Waals surface area contributed by atoms with E-state index in [4.69, 9.17) is 4.99 Å². The van der Waals surface area contributed by atoms with E-state index in [-0.39, 0.29) is 36.4 Å². The Kier molecular flexibility index (Phi) is 10.6. The summed E-state index contributed by atoms with van der Waals surface area (Å²) in [4.78, 5) is 22.2. The van der Waals surface area contributed by atoms with Crippen LogP contribution in [-0.4, -0.2) is 61.9 Å². The number of likely N-dealkylation sites (N-methyl/N-ethyl adjacent to an activating group) is 1. The number of thiophene rings is 1. The topological polar surface area (TPSA) is 60.0 Å². The van der Waals surface area contributed by atoms with Crippen molar-refractivity contribution in [3.8, 4) is 0 Å². The Morgan fingerprint density at radius 2 is 1.87 bits per heavy atom. The summed E-state index contributed by atoms with van der Waals surface area (Å²) >= 11 is 1.80. The van der Waals surface area contributed by atoms with Crippen LogP contribution in [0.5, 0.6) is 0 Å². The lowest BCUT2D eigenvalue weighted by atomic mass is 10.2. The molecule has 8 heteroatoms. The van der Waals surface area contributed by atoms with Crippen LogP contribution < -0.4 is 10.6 Å². The third-order valence-electron chi connectivity index (χ3n) is 5.08. The Bertz CT molecular complexity index is 776. The quantitative estimate of drug-likeness (QED) is 0.306. The highest BCUT2D eigenvalue weighted by atomic mass is 127. The first-order valence-electron chi connectivity index (χ1n) is 10.2. The van der Waals surface area contributed by atoms with E-state index in [9.17, 15) is 4.79 Å². The van der Waals surface area contributed by atoms with Crippen LogP contribution in [0.1, 0.15) is 29.3 Å². The van der Waals surface area contributed by atoms with Crippen molar-refractivity contribution in [3.05, 3.63) is 58.3 Å². The van der Waals surface area contributed by atoms with Gasteiger partial charge in [-0.1, -0.05) is 36.4 Å². The maximum absolute atomic E-state index is 12.0. The van der Waals surface area contributed by atoms with Crippen LogP contribution in [0, 0.1) is 0 Å². The van der Waals surface area contributed by atoms with Crippen LogP contribution in [0.4, 0.5) is 0 Å². The number of benzene rings is 1. The second kappa shape index (κ2) is 12.9. The molecule has 1 aromatic carbocycles. The Balaban J connectivity index is 0.00000320. The molecule has 2 aromatic rings. The maximum Gasteiger partial charge on any atom is 0.241 e. The first kappa shape index (κ1) is 24.6. The molecule has 1 atom stereocenters. The van der Waals surface area contributed by atoms with Gasteiger partial charge in [-0.05, 0) is 42.9 Å². The van der Waals surface area contributed by atoms with Gasteiger partial charge in [0.1, 0.15) is 0 Å². The fourth-order valence-corrected chi connectivity index (χ4v) is 4.24. The van der Waals surface area contributed by atoms with Gasteiger partial charge in [-0.25, -0.2) is 4.99 Å². The predicted octanol–water partition coefficient (Wildman–Crippen LogP) is 3.33. The molecule has 0 radical (unpaired) electrons. The molecule has 3 rings (SSSR count). The lowest BCUT2D eigenvalue weighted by Crippen LogP contribution is -2.45. The van der Waals surface area contributed by atoms with Gasteiger partial charge < -0.3 is 15.5 Å². The van der Waals surface area contributed by atoms with E-state index < -0.39 is 0 Å². The molecule has 1 aliphatic heterocycles. The molecule has 6 nitrogen and oxygen atoms in total. The van der Waals surface area contributed by atoms with Crippen molar-refractivity contribution in [3.63, 3.8) is 0 Å². The van der Waals surface area contributed by atoms with Gasteiger partial charge in [0.15, 0.2) is 5.96 Å². The van der Waals surface area contributed by atoms with E-state index in [2.05, 4.69) is 45.2 Å². The third-order valence-corrected chi connectivity index (χ3v) is 6.06. The van der Waals surface area contributed by atoms with Gasteiger partial charge in [-0.3, -0.25) is 9.69 Å². The molecule has 1 aliphatic rings. The fourth-order valence-electron chi connectivity index (χ4n) is 3.38. The lowest BCUT2D eigenvalue weighted by Gasteiger charge is -2.27. The van der Waals surface area contributed by atoms with Crippen LogP contribution >= 0.6 is 35.3 Å². The number of carbonyl (C=O) groups is 1. The van der Waals surface area contributed by atoms with E-state index in [1.165, 1.54) is 17.7 Å². The van der Waals surface area contributed by atoms with Crippen LogP contribution in [0.15, 0.2) is 52.8 Å². The van der Waals surface area contributed by atoms with Crippen LogP contribution in [0.25, 0.3) is 0 Å². The summed E-state index contributed by atoms with van der Waals surface area (Å²) in [6.45, 7) is 3.82. The summed E-state index contributed by atoms with van der Waals surface area (Å²) in [6, 6.07) is 14.8. The fraction of sp³-hybridized carbons (Fsp3) is 0.455. The zero-order valence-electron chi connectivity index (χ0n) is 17.7. The monoisotopic (exact) mass is 541 g/mol. The maximum atomic E-state index is 12.0. The molecule has 1 amide bonds. The number of hydrogen-bond donors (Lipinski definition) is 2. The molecule has 1 saturated heterocycles. The number of amides is 1. The van der Waals surface area contributed by atoms with Crippen molar-refractivity contribution >= 4 is 47.2 Å². The molecule has 164 valence electrons. The van der Waals surface area contributed by atoms with E-state index in [0.717, 1.165) is 25.2 Å². The van der Waals surface area contributed by atoms with Crippen LogP contribution in [0.3, 0.4) is 0 Å². The summed E-state index contributed by atoms with van der Waals surface area (Å²) in [6.07, 6.45) is 2.51. The average Bonchev–Trinajstić information content (AvgIpc) is 3.45. The minimum Gasteiger partial charge on any atom is -0.354 e. The molecule has 1 fully saturated rings. The lowest BCUT2D eigenvalue weighted by molar-refractivity contribution is -0.127. The van der Waals surface area contributed by atoms with E-state index in [1.54, 1.807) is 30.3 Å². The third kappa shape index (κ3) is 7.55. The van der Waals surface area contributed by atoms with Gasteiger partial charge >= 0.3 is 0 Å². The average molecular weight is 542 g/mol. The standard InChI is InChI=1S/C22H31N5OS.HI/c1-26(2)21(28)17-25-22(23-15-18-9-4-3-5-10-18)24-16-19(20-11-8-14-29-20)27-12-6-7-13-27;/h3-5,8-11,14,19H,6-7,12-13,15-17H2,1-2H3,(H2,23,24,25);1H. The number of likely N-dealkylation sites (tertiary alicyclic amines) is 1. The number of guanidine groups is 1. The van der Waals surface area contributed by atoms with Gasteiger partial charge in [0.2, 0.25) is 5.91 Å². The first-order valence-corrected chi connectivity index (χ1v) is 11.0. The predicted molar refractivity (Wildman–Crippen MR) is 136 cm³/mol. The Labute approximate surface area is 200 Å². The largest absolute Gasteiger partial charge is 0.354 e. The normalized spacial score (nSPS) is 15.3. The van der Waals surface area contributed by atoms with Crippen molar-refractivity contribution in [2.75, 3.05) is 40.3 Å². The summed E-state index contributed by atoms with van der Waals surface area (Å²) < 4.78 is 0. The highest BCUT2D eigenvalue weighted by Crippen LogP contribution is 2.27. The summed E-state index contributed by atoms with van der Waals surface area (Å²) in [5.74, 6) is 0.693. The molecule has 2 heterocycles. The zero-order chi connectivity index (χ0) is 20.5. The second-order valence-electron chi connectivity index (χ2n) is 7.45. The summed E-state index contributed by atoms with van der Waals surface area (Å²) in [7, 11) is 3.52. The number of rotatable bonds is 8. The Morgan fingerprint density at radius 3 is 2.50 bits per heavy atom. The second-order valence-corrected chi connectivity index (χ2v) is 8.43. The first-order chi connectivity index (χ1) is 14.1. The Morgan fingerprint density at radius 1 is 1.13 bits per heavy atom. The smallest absolute Gasteiger partial charge is 0.241 e. The zero-order valence-corrected chi connectivity index (χ0v) is 20.9. The molecule has 2 N–H and O–H groups in total. The SMILES string of the molecule is CN(C)C(=O)CNC(=NCc1ccccc1)NCC(c1cccs1)N1CCCC1.I. The van der Waals surface area contributed by atoms with Gasteiger partial charge in [0.25, 0.3) is 0 Å². The molecule has 0 aliphatic carbocycles. The van der Waals surface area contributed by atoms with E-state index >= 15 is 0 Å². The summed E-state index contributed by atoms with van der Waals surface area (Å²) in [5, 5.41) is 8.81. The van der Waals surface area contributed by atoms with Gasteiger partial charge in [0.05, 0.1) is 19.1 Å². The number of carbonyl (C=O) groups excluding carboxylic acids is 1. The van der Waals surface area contributed by atoms with Crippen molar-refractivity contribution in [2.24, 2.45) is 4.99 Å². The molecule has 0 spiro atoms. The summed E-state index contributed by atoms with van der Waals surface area (Å²) in [5.41, 5.74) is 1.14. The van der Waals surface area contributed by atoms with Crippen molar-refractivity contribution in [2.45, 2.75) is 25.4 Å². The Hall–Kier alpha value is -1.65. The van der Waals surface area contributed by atoms with Gasteiger partial charge in [-0.15, -0.1) is 35.3 Å². The number of hydrogen-bond acceptors (Lipinski definition) is 4. The van der Waals surface area contributed by atoms with Crippen LogP contribution in [-0.2, 0) is 11.3 Å². The highest BCUT2D eigenvalue weighted by molar-refractivity contribution is 14.0. The number of nitrogens with one attached hydrogen (secondary N) is 2. The highest BCUT2D eigenvalue weighted by Gasteiger charge is 2.24. The molecule has 0 saturated carbocycles. The van der Waals surface area contributed by atoms with Crippen LogP contribution in [0.2, 0.25) is 0 Å². The number of nitrogens with zero attached hydrogens (tertiary/aromatic N) is 3. The van der Waals surface area contributed by atoms with E-state index in [0.29, 0.717) is 18.5 Å². The van der Waals surface area contributed by atoms with Crippen molar-refractivity contribution < 1.29 is 4.79 Å². The number of halogens is 1. The van der Waals surface area contributed by atoms with E-state index in [1.807, 2.05) is 18.2 Å².